The van der Waals surface area contributed by atoms with Crippen molar-refractivity contribution < 1.29 is 14.4 Å². The molecule has 2 fully saturated rings. The summed E-state index contributed by atoms with van der Waals surface area (Å²) in [7, 11) is 0. The van der Waals surface area contributed by atoms with E-state index in [1.165, 1.54) is 4.90 Å². The maximum absolute atomic E-state index is 12.2. The van der Waals surface area contributed by atoms with Gasteiger partial charge in [0.2, 0.25) is 11.8 Å². The molecule has 0 aromatic heterocycles. The summed E-state index contributed by atoms with van der Waals surface area (Å²) >= 11 is 0. The number of imide groups is 1. The third-order valence-electron chi connectivity index (χ3n) is 3.84. The summed E-state index contributed by atoms with van der Waals surface area (Å²) < 4.78 is 0. The van der Waals surface area contributed by atoms with Gasteiger partial charge in [0.1, 0.15) is 6.29 Å². The first-order valence-corrected chi connectivity index (χ1v) is 6.14. The molecule has 4 heteroatoms. The molecule has 1 aliphatic heterocycles. The van der Waals surface area contributed by atoms with Crippen molar-refractivity contribution in [3.05, 3.63) is 29.8 Å². The van der Waals surface area contributed by atoms with Crippen LogP contribution in [0.15, 0.2) is 24.3 Å². The molecule has 2 aliphatic rings. The fourth-order valence-corrected chi connectivity index (χ4v) is 2.90. The lowest BCUT2D eigenvalue weighted by Gasteiger charge is -2.29. The molecule has 3 rings (SSSR count). The van der Waals surface area contributed by atoms with E-state index in [9.17, 15) is 14.4 Å². The summed E-state index contributed by atoms with van der Waals surface area (Å²) in [6, 6.07) is 6.64. The monoisotopic (exact) mass is 243 g/mol. The standard InChI is InChI=1S/C14H13NO3/c16-8-9-2-1-3-12(6-9)15-13(17)10-4-5-11(7-10)14(15)18/h1-3,6,8,10-11H,4-5,7H2. The second kappa shape index (κ2) is 4.05. The number of piperidine rings is 1. The van der Waals surface area contributed by atoms with Gasteiger partial charge in [-0.3, -0.25) is 19.3 Å². The lowest BCUT2D eigenvalue weighted by molar-refractivity contribution is -0.133. The number of aldehydes is 1. The van der Waals surface area contributed by atoms with E-state index in [1.54, 1.807) is 24.3 Å². The van der Waals surface area contributed by atoms with Gasteiger partial charge in [-0.2, -0.15) is 0 Å². The van der Waals surface area contributed by atoms with Gasteiger partial charge in [-0.05, 0) is 31.4 Å². The zero-order chi connectivity index (χ0) is 12.7. The summed E-state index contributed by atoms with van der Waals surface area (Å²) in [5, 5.41) is 0. The van der Waals surface area contributed by atoms with Crippen molar-refractivity contribution in [2.75, 3.05) is 4.90 Å². The van der Waals surface area contributed by atoms with Crippen molar-refractivity contribution >= 4 is 23.8 Å². The van der Waals surface area contributed by atoms with Crippen LogP contribution in [0.2, 0.25) is 0 Å². The van der Waals surface area contributed by atoms with Crippen molar-refractivity contribution in [3.63, 3.8) is 0 Å². The quantitative estimate of drug-likeness (QED) is 0.587. The molecule has 0 radical (unpaired) electrons. The number of benzene rings is 1. The molecule has 4 nitrogen and oxygen atoms in total. The Labute approximate surface area is 105 Å². The molecule has 2 amide bonds. The van der Waals surface area contributed by atoms with Crippen LogP contribution in [0.4, 0.5) is 5.69 Å². The van der Waals surface area contributed by atoms with Crippen LogP contribution in [-0.2, 0) is 9.59 Å². The number of nitrogens with zero attached hydrogens (tertiary/aromatic N) is 1. The Bertz CT molecular complexity index is 516. The SMILES string of the molecule is O=Cc1cccc(N2C(=O)C3CCC(C3)C2=O)c1. The van der Waals surface area contributed by atoms with Crippen molar-refractivity contribution in [1.29, 1.82) is 0 Å². The molecule has 1 aliphatic carbocycles. The van der Waals surface area contributed by atoms with E-state index >= 15 is 0 Å². The molecule has 1 aromatic carbocycles. The third kappa shape index (κ3) is 1.56. The molecule has 0 spiro atoms. The molecule has 2 atom stereocenters. The summed E-state index contributed by atoms with van der Waals surface area (Å²) in [4.78, 5) is 36.4. The van der Waals surface area contributed by atoms with Gasteiger partial charge in [0.25, 0.3) is 0 Å². The van der Waals surface area contributed by atoms with Gasteiger partial charge in [-0.25, -0.2) is 0 Å². The van der Waals surface area contributed by atoms with Crippen LogP contribution in [0.5, 0.6) is 0 Å². The minimum Gasteiger partial charge on any atom is -0.298 e. The fourth-order valence-electron chi connectivity index (χ4n) is 2.90. The normalized spacial score (nSPS) is 26.6. The van der Waals surface area contributed by atoms with Crippen LogP contribution in [0, 0.1) is 11.8 Å². The summed E-state index contributed by atoms with van der Waals surface area (Å²) in [6.07, 6.45) is 3.02. The minimum atomic E-state index is -0.114. The van der Waals surface area contributed by atoms with Gasteiger partial charge in [0.05, 0.1) is 5.69 Å². The smallest absolute Gasteiger partial charge is 0.236 e. The molecule has 1 saturated heterocycles. The molecular weight excluding hydrogens is 230 g/mol. The second-order valence-electron chi connectivity index (χ2n) is 4.93. The molecule has 1 heterocycles. The Morgan fingerprint density at radius 2 is 1.78 bits per heavy atom. The average molecular weight is 243 g/mol. The largest absolute Gasteiger partial charge is 0.298 e. The molecule has 18 heavy (non-hydrogen) atoms. The Balaban J connectivity index is 2.01. The van der Waals surface area contributed by atoms with Crippen molar-refractivity contribution in [1.82, 2.24) is 0 Å². The highest BCUT2D eigenvalue weighted by atomic mass is 16.2. The highest BCUT2D eigenvalue weighted by molar-refractivity contribution is 6.18. The first-order chi connectivity index (χ1) is 8.70. The Hall–Kier alpha value is -1.97. The first kappa shape index (κ1) is 11.1. The number of hydrogen-bond acceptors (Lipinski definition) is 3. The Kier molecular flexibility index (Phi) is 2.51. The molecule has 1 saturated carbocycles. The fraction of sp³-hybridized carbons (Fsp3) is 0.357. The predicted octanol–water partition coefficient (Wildman–Crippen LogP) is 1.79. The zero-order valence-corrected chi connectivity index (χ0v) is 9.83. The predicted molar refractivity (Wildman–Crippen MR) is 65.2 cm³/mol. The van der Waals surface area contributed by atoms with Crippen LogP contribution in [-0.4, -0.2) is 18.1 Å². The van der Waals surface area contributed by atoms with E-state index in [0.717, 1.165) is 19.1 Å². The van der Waals surface area contributed by atoms with E-state index in [1.807, 2.05) is 0 Å². The van der Waals surface area contributed by atoms with E-state index in [4.69, 9.17) is 0 Å². The van der Waals surface area contributed by atoms with Gasteiger partial charge in [-0.15, -0.1) is 0 Å². The second-order valence-corrected chi connectivity index (χ2v) is 4.93. The first-order valence-electron chi connectivity index (χ1n) is 6.14. The lowest BCUT2D eigenvalue weighted by atomic mass is 9.96. The molecular formula is C14H13NO3. The van der Waals surface area contributed by atoms with E-state index in [0.29, 0.717) is 17.7 Å². The molecule has 2 unspecified atom stereocenters. The lowest BCUT2D eigenvalue weighted by Crippen LogP contribution is -2.46. The summed E-state index contributed by atoms with van der Waals surface area (Å²) in [5.41, 5.74) is 0.997. The zero-order valence-electron chi connectivity index (χ0n) is 9.83. The molecule has 2 bridgehead atoms. The highest BCUT2D eigenvalue weighted by Gasteiger charge is 2.45. The number of fused-ring (bicyclic) bond motifs is 2. The molecule has 1 aromatic rings. The van der Waals surface area contributed by atoms with Gasteiger partial charge in [0, 0.05) is 17.4 Å². The van der Waals surface area contributed by atoms with Gasteiger partial charge >= 0.3 is 0 Å². The minimum absolute atomic E-state index is 0.0208. The summed E-state index contributed by atoms with van der Waals surface area (Å²) in [6.45, 7) is 0. The maximum atomic E-state index is 12.2. The Morgan fingerprint density at radius 3 is 2.39 bits per heavy atom. The van der Waals surface area contributed by atoms with Crippen molar-refractivity contribution in [3.8, 4) is 0 Å². The van der Waals surface area contributed by atoms with E-state index < -0.39 is 0 Å². The van der Waals surface area contributed by atoms with Crippen LogP contribution >= 0.6 is 0 Å². The van der Waals surface area contributed by atoms with E-state index in [2.05, 4.69) is 0 Å². The topological polar surface area (TPSA) is 54.5 Å². The summed E-state index contributed by atoms with van der Waals surface area (Å²) in [5.74, 6) is -0.270. The van der Waals surface area contributed by atoms with Crippen LogP contribution in [0.3, 0.4) is 0 Å². The Morgan fingerprint density at radius 1 is 1.11 bits per heavy atom. The number of amides is 2. The maximum Gasteiger partial charge on any atom is 0.236 e. The van der Waals surface area contributed by atoms with Gasteiger partial charge < -0.3 is 0 Å². The van der Waals surface area contributed by atoms with Crippen LogP contribution < -0.4 is 4.90 Å². The number of hydrogen-bond donors (Lipinski definition) is 0. The van der Waals surface area contributed by atoms with Gasteiger partial charge in [0.15, 0.2) is 0 Å². The number of rotatable bonds is 2. The number of anilines is 1. The van der Waals surface area contributed by atoms with Crippen LogP contribution in [0.25, 0.3) is 0 Å². The van der Waals surface area contributed by atoms with Gasteiger partial charge in [-0.1, -0.05) is 12.1 Å². The molecule has 0 N–H and O–H groups in total. The van der Waals surface area contributed by atoms with E-state index in [-0.39, 0.29) is 23.7 Å². The third-order valence-corrected chi connectivity index (χ3v) is 3.84. The van der Waals surface area contributed by atoms with Crippen LogP contribution in [0.1, 0.15) is 29.6 Å². The van der Waals surface area contributed by atoms with Crippen molar-refractivity contribution in [2.24, 2.45) is 11.8 Å². The number of carbonyl (C=O) groups excluding carboxylic acids is 3. The highest BCUT2D eigenvalue weighted by Crippen LogP contribution is 2.39. The average Bonchev–Trinajstić information content (AvgIpc) is 2.84. The molecule has 92 valence electrons. The number of carbonyl (C=O) groups is 3. The van der Waals surface area contributed by atoms with Crippen molar-refractivity contribution in [2.45, 2.75) is 19.3 Å².